The molecule has 4 rings (SSSR count). The molecule has 6 nitrogen and oxygen atoms in total. The summed E-state index contributed by atoms with van der Waals surface area (Å²) < 4.78 is 16.4. The van der Waals surface area contributed by atoms with Gasteiger partial charge >= 0.3 is 0 Å². The number of carbonyl (C=O) groups is 1. The Kier molecular flexibility index (Phi) is 5.63. The predicted molar refractivity (Wildman–Crippen MR) is 110 cm³/mol. The molecule has 3 aromatic rings. The van der Waals surface area contributed by atoms with E-state index in [9.17, 15) is 4.79 Å². The highest BCUT2D eigenvalue weighted by Crippen LogP contribution is 2.32. The highest BCUT2D eigenvalue weighted by Gasteiger charge is 2.15. The SMILES string of the molecule is O=C(NN=Cc1ccccc1OCc1ccccc1Cl)c1ccc2c(c1)OCO2. The molecule has 0 bridgehead atoms. The van der Waals surface area contributed by atoms with Crippen molar-refractivity contribution >= 4 is 23.7 Å². The average Bonchev–Trinajstić information content (AvgIpc) is 3.22. The summed E-state index contributed by atoms with van der Waals surface area (Å²) in [5.74, 6) is 1.44. The fourth-order valence-electron chi connectivity index (χ4n) is 2.75. The number of nitrogens with zero attached hydrogens (tertiary/aromatic N) is 1. The van der Waals surface area contributed by atoms with Gasteiger partial charge in [0.05, 0.1) is 6.21 Å². The molecule has 3 aromatic carbocycles. The van der Waals surface area contributed by atoms with Crippen molar-refractivity contribution in [2.75, 3.05) is 6.79 Å². The molecule has 0 aromatic heterocycles. The van der Waals surface area contributed by atoms with Gasteiger partial charge in [0, 0.05) is 21.7 Å². The van der Waals surface area contributed by atoms with Crippen molar-refractivity contribution in [3.05, 3.63) is 88.4 Å². The number of carbonyl (C=O) groups excluding carboxylic acids is 1. The van der Waals surface area contributed by atoms with E-state index in [2.05, 4.69) is 10.5 Å². The van der Waals surface area contributed by atoms with Crippen molar-refractivity contribution in [3.8, 4) is 17.2 Å². The Morgan fingerprint density at radius 1 is 1.07 bits per heavy atom. The van der Waals surface area contributed by atoms with Crippen LogP contribution in [-0.4, -0.2) is 18.9 Å². The first-order valence-corrected chi connectivity index (χ1v) is 9.27. The van der Waals surface area contributed by atoms with Crippen molar-refractivity contribution in [2.45, 2.75) is 6.61 Å². The molecule has 1 aliphatic heterocycles. The van der Waals surface area contributed by atoms with Gasteiger partial charge in [-0.15, -0.1) is 0 Å². The first kappa shape index (κ1) is 18.8. The smallest absolute Gasteiger partial charge is 0.271 e. The summed E-state index contributed by atoms with van der Waals surface area (Å²) in [4.78, 5) is 12.3. The van der Waals surface area contributed by atoms with Crippen molar-refractivity contribution in [2.24, 2.45) is 5.10 Å². The molecule has 1 N–H and O–H groups in total. The standard InChI is InChI=1S/C22H17ClN2O4/c23-18-7-3-1-6-17(18)13-27-19-8-4-2-5-16(19)12-24-25-22(26)15-9-10-20-21(11-15)29-14-28-20/h1-12H,13-14H2,(H,25,26). The highest BCUT2D eigenvalue weighted by atomic mass is 35.5. The third-order valence-corrected chi connectivity index (χ3v) is 4.63. The normalized spacial score (nSPS) is 12.2. The first-order chi connectivity index (χ1) is 14.2. The number of benzene rings is 3. The number of hydrazone groups is 1. The van der Waals surface area contributed by atoms with E-state index >= 15 is 0 Å². The van der Waals surface area contributed by atoms with E-state index in [4.69, 9.17) is 25.8 Å². The lowest BCUT2D eigenvalue weighted by atomic mass is 10.2. The van der Waals surface area contributed by atoms with E-state index in [0.717, 1.165) is 11.1 Å². The van der Waals surface area contributed by atoms with Crippen molar-refractivity contribution in [1.82, 2.24) is 5.43 Å². The fourth-order valence-corrected chi connectivity index (χ4v) is 2.94. The number of hydrogen-bond acceptors (Lipinski definition) is 5. The van der Waals surface area contributed by atoms with Crippen LogP contribution in [0.3, 0.4) is 0 Å². The molecule has 0 unspecified atom stereocenters. The minimum Gasteiger partial charge on any atom is -0.488 e. The number of fused-ring (bicyclic) bond motifs is 1. The lowest BCUT2D eigenvalue weighted by molar-refractivity contribution is 0.0954. The topological polar surface area (TPSA) is 69.2 Å². The minimum absolute atomic E-state index is 0.156. The van der Waals surface area contributed by atoms with E-state index in [0.29, 0.717) is 34.4 Å². The molecule has 0 spiro atoms. The highest BCUT2D eigenvalue weighted by molar-refractivity contribution is 6.31. The van der Waals surface area contributed by atoms with Crippen LogP contribution in [-0.2, 0) is 6.61 Å². The maximum Gasteiger partial charge on any atom is 0.271 e. The molecule has 0 aliphatic carbocycles. The Hall–Kier alpha value is -3.51. The van der Waals surface area contributed by atoms with Crippen LogP contribution >= 0.6 is 11.6 Å². The second kappa shape index (κ2) is 8.67. The van der Waals surface area contributed by atoms with Gasteiger partial charge in [-0.1, -0.05) is 41.9 Å². The molecule has 0 atom stereocenters. The number of halogens is 1. The monoisotopic (exact) mass is 408 g/mol. The zero-order chi connectivity index (χ0) is 20.1. The van der Waals surface area contributed by atoms with Gasteiger partial charge in [0.2, 0.25) is 6.79 Å². The van der Waals surface area contributed by atoms with Gasteiger partial charge in [0.1, 0.15) is 12.4 Å². The van der Waals surface area contributed by atoms with Crippen LogP contribution in [0, 0.1) is 0 Å². The predicted octanol–water partition coefficient (Wildman–Crippen LogP) is 4.41. The Balaban J connectivity index is 1.41. The lowest BCUT2D eigenvalue weighted by Gasteiger charge is -2.10. The largest absolute Gasteiger partial charge is 0.488 e. The van der Waals surface area contributed by atoms with Crippen molar-refractivity contribution < 1.29 is 19.0 Å². The average molecular weight is 409 g/mol. The molecule has 1 amide bonds. The van der Waals surface area contributed by atoms with Gasteiger partial charge in [0.15, 0.2) is 11.5 Å². The van der Waals surface area contributed by atoms with E-state index in [-0.39, 0.29) is 12.7 Å². The molecule has 7 heteroatoms. The quantitative estimate of drug-likeness (QED) is 0.484. The summed E-state index contributed by atoms with van der Waals surface area (Å²) in [5.41, 5.74) is 4.55. The summed E-state index contributed by atoms with van der Waals surface area (Å²) in [6.07, 6.45) is 1.53. The van der Waals surface area contributed by atoms with Crippen molar-refractivity contribution in [3.63, 3.8) is 0 Å². The number of hydrogen-bond donors (Lipinski definition) is 1. The molecule has 0 saturated heterocycles. The van der Waals surface area contributed by atoms with E-state index in [1.165, 1.54) is 6.21 Å². The van der Waals surface area contributed by atoms with Gasteiger partial charge in [-0.3, -0.25) is 4.79 Å². The molecule has 146 valence electrons. The molecule has 0 radical (unpaired) electrons. The number of nitrogens with one attached hydrogen (secondary N) is 1. The van der Waals surface area contributed by atoms with Gasteiger partial charge in [-0.2, -0.15) is 5.10 Å². The van der Waals surface area contributed by atoms with Crippen LogP contribution in [0.25, 0.3) is 0 Å². The Morgan fingerprint density at radius 3 is 2.76 bits per heavy atom. The number of para-hydroxylation sites is 1. The van der Waals surface area contributed by atoms with Gasteiger partial charge in [0.25, 0.3) is 5.91 Å². The molecular formula is C22H17ClN2O4. The zero-order valence-electron chi connectivity index (χ0n) is 15.3. The molecular weight excluding hydrogens is 392 g/mol. The van der Waals surface area contributed by atoms with Gasteiger partial charge in [-0.05, 0) is 36.4 Å². The van der Waals surface area contributed by atoms with Crippen LogP contribution in [0.5, 0.6) is 17.2 Å². The van der Waals surface area contributed by atoms with Crippen LogP contribution < -0.4 is 19.6 Å². The molecule has 1 heterocycles. The second-order valence-electron chi connectivity index (χ2n) is 6.19. The van der Waals surface area contributed by atoms with E-state index in [1.807, 2.05) is 48.5 Å². The van der Waals surface area contributed by atoms with E-state index < -0.39 is 0 Å². The zero-order valence-corrected chi connectivity index (χ0v) is 16.1. The van der Waals surface area contributed by atoms with Crippen LogP contribution in [0.15, 0.2) is 71.8 Å². The summed E-state index contributed by atoms with van der Waals surface area (Å²) in [7, 11) is 0. The molecule has 0 saturated carbocycles. The number of ether oxygens (including phenoxy) is 3. The fraction of sp³-hybridized carbons (Fsp3) is 0.0909. The molecule has 0 fully saturated rings. The molecule has 29 heavy (non-hydrogen) atoms. The minimum atomic E-state index is -0.353. The number of rotatable bonds is 6. The van der Waals surface area contributed by atoms with Crippen molar-refractivity contribution in [1.29, 1.82) is 0 Å². The van der Waals surface area contributed by atoms with Crippen LogP contribution in [0.4, 0.5) is 0 Å². The van der Waals surface area contributed by atoms with Crippen LogP contribution in [0.2, 0.25) is 5.02 Å². The van der Waals surface area contributed by atoms with Gasteiger partial charge in [-0.25, -0.2) is 5.43 Å². The van der Waals surface area contributed by atoms with Crippen LogP contribution in [0.1, 0.15) is 21.5 Å². The maximum absolute atomic E-state index is 12.3. The Morgan fingerprint density at radius 2 is 1.86 bits per heavy atom. The lowest BCUT2D eigenvalue weighted by Crippen LogP contribution is -2.17. The molecule has 1 aliphatic rings. The Labute approximate surface area is 172 Å². The van der Waals surface area contributed by atoms with Gasteiger partial charge < -0.3 is 14.2 Å². The second-order valence-corrected chi connectivity index (χ2v) is 6.59. The first-order valence-electron chi connectivity index (χ1n) is 8.89. The third kappa shape index (κ3) is 4.50. The number of amides is 1. The summed E-state index contributed by atoms with van der Waals surface area (Å²) >= 11 is 6.17. The maximum atomic E-state index is 12.3. The summed E-state index contributed by atoms with van der Waals surface area (Å²) in [6.45, 7) is 0.484. The van der Waals surface area contributed by atoms with E-state index in [1.54, 1.807) is 18.2 Å². The Bertz CT molecular complexity index is 1070. The summed E-state index contributed by atoms with van der Waals surface area (Å²) in [5, 5.41) is 4.69. The summed E-state index contributed by atoms with van der Waals surface area (Å²) in [6, 6.07) is 19.9. The third-order valence-electron chi connectivity index (χ3n) is 4.26.